The molecule has 0 radical (unpaired) electrons. The van der Waals surface area contributed by atoms with E-state index in [1.54, 1.807) is 30.3 Å². The molecule has 1 atom stereocenters. The molecule has 4 rings (SSSR count). The number of para-hydroxylation sites is 2. The third-order valence-corrected chi connectivity index (χ3v) is 6.36. The SMILES string of the molecule is COc1ccccc1N(C(=O)CNC(=O)c1ccco1)C(C(=O)NC1CCCC1)c1ccc(C)cc1. The van der Waals surface area contributed by atoms with Gasteiger partial charge in [0.2, 0.25) is 11.8 Å². The lowest BCUT2D eigenvalue weighted by atomic mass is 10.0. The number of aryl methyl sites for hydroxylation is 1. The Kier molecular flexibility index (Phi) is 8.05. The fraction of sp³-hybridized carbons (Fsp3) is 0.321. The lowest BCUT2D eigenvalue weighted by molar-refractivity contribution is -0.126. The second-order valence-electron chi connectivity index (χ2n) is 8.90. The van der Waals surface area contributed by atoms with Crippen LogP contribution in [0.2, 0.25) is 0 Å². The number of carbonyl (C=O) groups is 3. The normalized spacial score (nSPS) is 14.2. The highest BCUT2D eigenvalue weighted by atomic mass is 16.5. The molecule has 3 amide bonds. The minimum Gasteiger partial charge on any atom is -0.495 e. The van der Waals surface area contributed by atoms with Crippen molar-refractivity contribution in [2.45, 2.75) is 44.7 Å². The van der Waals surface area contributed by atoms with Gasteiger partial charge in [-0.25, -0.2) is 0 Å². The Bertz CT molecular complexity index is 1180. The van der Waals surface area contributed by atoms with Crippen LogP contribution in [0, 0.1) is 6.92 Å². The maximum absolute atomic E-state index is 13.8. The Hall–Kier alpha value is -4.07. The molecule has 188 valence electrons. The van der Waals surface area contributed by atoms with Gasteiger partial charge in [0, 0.05) is 6.04 Å². The van der Waals surface area contributed by atoms with Crippen LogP contribution in [0.1, 0.15) is 53.4 Å². The van der Waals surface area contributed by atoms with Gasteiger partial charge < -0.3 is 19.8 Å². The molecule has 36 heavy (non-hydrogen) atoms. The number of benzene rings is 2. The highest BCUT2D eigenvalue weighted by Crippen LogP contribution is 2.35. The molecular weight excluding hydrogens is 458 g/mol. The maximum Gasteiger partial charge on any atom is 0.287 e. The smallest absolute Gasteiger partial charge is 0.287 e. The van der Waals surface area contributed by atoms with Gasteiger partial charge in [0.15, 0.2) is 5.76 Å². The van der Waals surface area contributed by atoms with Crippen molar-refractivity contribution >= 4 is 23.4 Å². The van der Waals surface area contributed by atoms with E-state index in [0.29, 0.717) is 17.0 Å². The number of rotatable bonds is 9. The Morgan fingerprint density at radius 1 is 1.03 bits per heavy atom. The summed E-state index contributed by atoms with van der Waals surface area (Å²) in [5.74, 6) is -0.723. The lowest BCUT2D eigenvalue weighted by Crippen LogP contribution is -2.49. The van der Waals surface area contributed by atoms with Crippen molar-refractivity contribution in [3.8, 4) is 5.75 Å². The molecule has 1 aliphatic carbocycles. The molecule has 2 aromatic carbocycles. The van der Waals surface area contributed by atoms with Crippen LogP contribution < -0.4 is 20.3 Å². The van der Waals surface area contributed by atoms with Gasteiger partial charge in [-0.15, -0.1) is 0 Å². The maximum atomic E-state index is 13.8. The third-order valence-electron chi connectivity index (χ3n) is 6.36. The Labute approximate surface area is 210 Å². The number of methoxy groups -OCH3 is 1. The Morgan fingerprint density at radius 3 is 2.42 bits per heavy atom. The van der Waals surface area contributed by atoms with Gasteiger partial charge in [-0.05, 0) is 49.6 Å². The molecule has 3 aromatic rings. The largest absolute Gasteiger partial charge is 0.495 e. The predicted octanol–water partition coefficient (Wildman–Crippen LogP) is 4.16. The topological polar surface area (TPSA) is 101 Å². The van der Waals surface area contributed by atoms with Crippen molar-refractivity contribution in [3.63, 3.8) is 0 Å². The summed E-state index contributed by atoms with van der Waals surface area (Å²) < 4.78 is 10.7. The zero-order valence-corrected chi connectivity index (χ0v) is 20.5. The first-order valence-electron chi connectivity index (χ1n) is 12.1. The molecule has 2 N–H and O–H groups in total. The lowest BCUT2D eigenvalue weighted by Gasteiger charge is -2.33. The number of furan rings is 1. The minimum atomic E-state index is -0.962. The van der Waals surface area contributed by atoms with E-state index >= 15 is 0 Å². The predicted molar refractivity (Wildman–Crippen MR) is 136 cm³/mol. The molecule has 1 aliphatic rings. The monoisotopic (exact) mass is 489 g/mol. The van der Waals surface area contributed by atoms with Crippen molar-refractivity contribution in [2.75, 3.05) is 18.6 Å². The summed E-state index contributed by atoms with van der Waals surface area (Å²) in [5, 5.41) is 5.75. The van der Waals surface area contributed by atoms with Gasteiger partial charge in [0.05, 0.1) is 25.6 Å². The zero-order valence-electron chi connectivity index (χ0n) is 20.5. The molecular formula is C28H31N3O5. The van der Waals surface area contributed by atoms with Crippen LogP contribution in [0.15, 0.2) is 71.3 Å². The van der Waals surface area contributed by atoms with Gasteiger partial charge in [0.25, 0.3) is 5.91 Å². The molecule has 1 fully saturated rings. The van der Waals surface area contributed by atoms with Crippen molar-refractivity contribution in [1.29, 1.82) is 0 Å². The van der Waals surface area contributed by atoms with E-state index in [1.807, 2.05) is 31.2 Å². The van der Waals surface area contributed by atoms with Gasteiger partial charge in [-0.2, -0.15) is 0 Å². The molecule has 0 aliphatic heterocycles. The van der Waals surface area contributed by atoms with E-state index in [0.717, 1.165) is 31.2 Å². The summed E-state index contributed by atoms with van der Waals surface area (Å²) in [6, 6.07) is 16.8. The Morgan fingerprint density at radius 2 is 1.75 bits per heavy atom. The number of nitrogens with one attached hydrogen (secondary N) is 2. The summed E-state index contributed by atoms with van der Waals surface area (Å²) >= 11 is 0. The number of anilines is 1. The average molecular weight is 490 g/mol. The van der Waals surface area contributed by atoms with Gasteiger partial charge in [0.1, 0.15) is 11.8 Å². The summed E-state index contributed by atoms with van der Waals surface area (Å²) in [6.07, 6.45) is 5.34. The average Bonchev–Trinajstić information content (AvgIpc) is 3.61. The van der Waals surface area contributed by atoms with Gasteiger partial charge in [-0.3, -0.25) is 19.3 Å². The van der Waals surface area contributed by atoms with Crippen LogP contribution in [0.5, 0.6) is 5.75 Å². The fourth-order valence-corrected chi connectivity index (χ4v) is 4.50. The first-order valence-corrected chi connectivity index (χ1v) is 12.1. The number of carbonyl (C=O) groups excluding carboxylic acids is 3. The number of ether oxygens (including phenoxy) is 1. The first-order chi connectivity index (χ1) is 17.5. The molecule has 8 nitrogen and oxygen atoms in total. The quantitative estimate of drug-likeness (QED) is 0.470. The molecule has 0 bridgehead atoms. The van der Waals surface area contributed by atoms with Crippen LogP contribution in [0.3, 0.4) is 0 Å². The van der Waals surface area contributed by atoms with Crippen LogP contribution in [0.4, 0.5) is 5.69 Å². The number of nitrogens with zero attached hydrogens (tertiary/aromatic N) is 1. The minimum absolute atomic E-state index is 0.0683. The molecule has 0 spiro atoms. The van der Waals surface area contributed by atoms with Gasteiger partial charge in [-0.1, -0.05) is 54.8 Å². The second-order valence-corrected chi connectivity index (χ2v) is 8.90. The van der Waals surface area contributed by atoms with E-state index in [9.17, 15) is 14.4 Å². The van der Waals surface area contributed by atoms with E-state index in [4.69, 9.17) is 9.15 Å². The summed E-state index contributed by atoms with van der Waals surface area (Å²) in [5.41, 5.74) is 2.13. The molecule has 0 saturated heterocycles. The zero-order chi connectivity index (χ0) is 25.5. The van der Waals surface area contributed by atoms with Crippen molar-refractivity contribution in [3.05, 3.63) is 83.8 Å². The number of hydrogen-bond donors (Lipinski definition) is 2. The van der Waals surface area contributed by atoms with Crippen LogP contribution in [0.25, 0.3) is 0 Å². The second kappa shape index (κ2) is 11.6. The van der Waals surface area contributed by atoms with Crippen LogP contribution >= 0.6 is 0 Å². The molecule has 1 saturated carbocycles. The fourth-order valence-electron chi connectivity index (χ4n) is 4.50. The van der Waals surface area contributed by atoms with Crippen LogP contribution in [-0.2, 0) is 9.59 Å². The third kappa shape index (κ3) is 5.76. The molecule has 1 unspecified atom stereocenters. The Balaban J connectivity index is 1.72. The molecule has 8 heteroatoms. The van der Waals surface area contributed by atoms with E-state index in [2.05, 4.69) is 10.6 Å². The summed E-state index contributed by atoms with van der Waals surface area (Å²) in [4.78, 5) is 41.4. The van der Waals surface area contributed by atoms with Crippen molar-refractivity contribution < 1.29 is 23.5 Å². The highest BCUT2D eigenvalue weighted by molar-refractivity contribution is 6.05. The van der Waals surface area contributed by atoms with Crippen molar-refractivity contribution in [1.82, 2.24) is 10.6 Å². The molecule has 1 aromatic heterocycles. The number of amides is 3. The van der Waals surface area contributed by atoms with Gasteiger partial charge >= 0.3 is 0 Å². The van der Waals surface area contributed by atoms with E-state index in [1.165, 1.54) is 24.3 Å². The van der Waals surface area contributed by atoms with Crippen LogP contribution in [-0.4, -0.2) is 37.4 Å². The highest BCUT2D eigenvalue weighted by Gasteiger charge is 2.35. The number of hydrogen-bond acceptors (Lipinski definition) is 5. The molecule has 1 heterocycles. The van der Waals surface area contributed by atoms with Crippen molar-refractivity contribution in [2.24, 2.45) is 0 Å². The standard InChI is InChI=1S/C28H31N3O5/c1-19-13-15-20(16-14-19)26(28(34)30-21-8-3-4-9-21)31(22-10-5-6-11-23(22)35-2)25(32)18-29-27(33)24-12-7-17-36-24/h5-7,10-17,21,26H,3-4,8-9,18H2,1-2H3,(H,29,33)(H,30,34). The first kappa shape index (κ1) is 25.0. The van der Waals surface area contributed by atoms with E-state index in [-0.39, 0.29) is 24.3 Å². The summed E-state index contributed by atoms with van der Waals surface area (Å²) in [6.45, 7) is 1.63. The van der Waals surface area contributed by atoms with E-state index < -0.39 is 17.9 Å². The summed E-state index contributed by atoms with van der Waals surface area (Å²) in [7, 11) is 1.51.